The predicted molar refractivity (Wildman–Crippen MR) is 106 cm³/mol. The minimum absolute atomic E-state index is 0.00597. The molecule has 3 N–H and O–H groups in total. The number of anilines is 1. The maximum atomic E-state index is 12.8. The topological polar surface area (TPSA) is 94.6 Å². The molecule has 1 aliphatic carbocycles. The van der Waals surface area contributed by atoms with Crippen LogP contribution < -0.4 is 16.7 Å². The van der Waals surface area contributed by atoms with Crippen molar-refractivity contribution >= 4 is 22.6 Å². The molecule has 1 heterocycles. The SMILES string of the molecule is CCCO[C@H]1C[C@@H](C(=O)Nc2cc3c(C)cc(=O)oc3cc2C)CC[C@@H]1N. The molecule has 0 spiro atoms. The lowest BCUT2D eigenvalue weighted by Gasteiger charge is -2.33. The van der Waals surface area contributed by atoms with Gasteiger partial charge in [0.05, 0.1) is 6.10 Å². The number of carbonyl (C=O) groups is 1. The number of rotatable bonds is 5. The standard InChI is InChI=1S/C21H28N2O4/c1-4-7-26-19-10-14(5-6-16(19)22)21(25)23-17-11-15-12(2)9-20(24)27-18(15)8-13(17)3/h8-9,11,14,16,19H,4-7,10,22H2,1-3H3,(H,23,25)/t14-,16-,19-/m0/s1. The molecule has 0 radical (unpaired) electrons. The first-order chi connectivity index (χ1) is 12.9. The Hall–Kier alpha value is -2.18. The maximum absolute atomic E-state index is 12.8. The number of amides is 1. The van der Waals surface area contributed by atoms with Gasteiger partial charge < -0.3 is 20.2 Å². The number of fused-ring (bicyclic) bond motifs is 1. The van der Waals surface area contributed by atoms with Crippen molar-refractivity contribution in [2.45, 2.75) is 58.6 Å². The van der Waals surface area contributed by atoms with Gasteiger partial charge in [0.1, 0.15) is 5.58 Å². The Labute approximate surface area is 159 Å². The number of nitrogens with one attached hydrogen (secondary N) is 1. The van der Waals surface area contributed by atoms with E-state index in [2.05, 4.69) is 12.2 Å². The number of benzene rings is 1. The summed E-state index contributed by atoms with van der Waals surface area (Å²) in [5.41, 5.74) is 8.75. The molecule has 3 rings (SSSR count). The van der Waals surface area contributed by atoms with Gasteiger partial charge in [-0.3, -0.25) is 4.79 Å². The Kier molecular flexibility index (Phi) is 5.97. The first-order valence-electron chi connectivity index (χ1n) is 9.62. The van der Waals surface area contributed by atoms with Crippen molar-refractivity contribution in [1.82, 2.24) is 0 Å². The first kappa shape index (κ1) is 19.6. The van der Waals surface area contributed by atoms with Crippen LogP contribution in [0.15, 0.2) is 27.4 Å². The monoisotopic (exact) mass is 372 g/mol. The molecule has 1 aliphatic rings. The molecule has 1 fully saturated rings. The zero-order valence-corrected chi connectivity index (χ0v) is 16.2. The van der Waals surface area contributed by atoms with Crippen LogP contribution in [0.5, 0.6) is 0 Å². The predicted octanol–water partition coefficient (Wildman–Crippen LogP) is 3.27. The summed E-state index contributed by atoms with van der Waals surface area (Å²) in [6.45, 7) is 6.48. The first-order valence-corrected chi connectivity index (χ1v) is 9.62. The van der Waals surface area contributed by atoms with Gasteiger partial charge in [-0.05, 0) is 62.8 Å². The maximum Gasteiger partial charge on any atom is 0.336 e. The number of ether oxygens (including phenoxy) is 1. The zero-order valence-electron chi connectivity index (χ0n) is 16.2. The van der Waals surface area contributed by atoms with Gasteiger partial charge in [-0.25, -0.2) is 4.79 Å². The summed E-state index contributed by atoms with van der Waals surface area (Å²) in [5.74, 6) is -0.124. The second kappa shape index (κ2) is 8.23. The van der Waals surface area contributed by atoms with Crippen molar-refractivity contribution in [3.8, 4) is 0 Å². The number of hydrogen-bond donors (Lipinski definition) is 2. The van der Waals surface area contributed by atoms with E-state index in [0.29, 0.717) is 18.6 Å². The molecule has 146 valence electrons. The molecule has 0 unspecified atom stereocenters. The Morgan fingerprint density at radius 2 is 2.04 bits per heavy atom. The van der Waals surface area contributed by atoms with Crippen LogP contribution in [0.4, 0.5) is 5.69 Å². The van der Waals surface area contributed by atoms with Gasteiger partial charge in [-0.1, -0.05) is 6.92 Å². The average molecular weight is 372 g/mol. The van der Waals surface area contributed by atoms with Gasteiger partial charge in [0.25, 0.3) is 0 Å². The lowest BCUT2D eigenvalue weighted by molar-refractivity contribution is -0.123. The summed E-state index contributed by atoms with van der Waals surface area (Å²) in [6, 6.07) is 5.12. The molecule has 3 atom stereocenters. The van der Waals surface area contributed by atoms with Gasteiger partial charge in [0.15, 0.2) is 0 Å². The molecule has 6 heteroatoms. The van der Waals surface area contributed by atoms with E-state index < -0.39 is 0 Å². The van der Waals surface area contributed by atoms with Crippen LogP contribution in [-0.4, -0.2) is 24.7 Å². The van der Waals surface area contributed by atoms with E-state index in [1.54, 1.807) is 6.07 Å². The van der Waals surface area contributed by atoms with Crippen LogP contribution in [-0.2, 0) is 9.53 Å². The number of carbonyl (C=O) groups excluding carboxylic acids is 1. The van der Waals surface area contributed by atoms with Crippen molar-refractivity contribution in [3.63, 3.8) is 0 Å². The molecule has 6 nitrogen and oxygen atoms in total. The van der Waals surface area contributed by atoms with Crippen molar-refractivity contribution < 1.29 is 13.9 Å². The number of hydrogen-bond acceptors (Lipinski definition) is 5. The zero-order chi connectivity index (χ0) is 19.6. The second-order valence-corrected chi connectivity index (χ2v) is 7.48. The third-order valence-corrected chi connectivity index (χ3v) is 5.30. The van der Waals surface area contributed by atoms with E-state index in [0.717, 1.165) is 41.5 Å². The van der Waals surface area contributed by atoms with Crippen molar-refractivity contribution in [1.29, 1.82) is 0 Å². The van der Waals surface area contributed by atoms with E-state index in [9.17, 15) is 9.59 Å². The van der Waals surface area contributed by atoms with E-state index in [-0.39, 0.29) is 29.6 Å². The molecule has 1 amide bonds. The third kappa shape index (κ3) is 4.39. The summed E-state index contributed by atoms with van der Waals surface area (Å²) in [7, 11) is 0. The second-order valence-electron chi connectivity index (χ2n) is 7.48. The fourth-order valence-electron chi connectivity index (χ4n) is 3.69. The van der Waals surface area contributed by atoms with Gasteiger partial charge in [-0.2, -0.15) is 0 Å². The molecule has 0 aliphatic heterocycles. The van der Waals surface area contributed by atoms with Crippen LogP contribution in [0.25, 0.3) is 11.0 Å². The number of nitrogens with two attached hydrogens (primary N) is 1. The van der Waals surface area contributed by atoms with Crippen LogP contribution in [0.2, 0.25) is 0 Å². The van der Waals surface area contributed by atoms with Crippen LogP contribution >= 0.6 is 0 Å². The lowest BCUT2D eigenvalue weighted by atomic mass is 9.83. The molecule has 1 aromatic heterocycles. The van der Waals surface area contributed by atoms with Crippen LogP contribution in [0.3, 0.4) is 0 Å². The highest BCUT2D eigenvalue weighted by Crippen LogP contribution is 2.29. The highest BCUT2D eigenvalue weighted by atomic mass is 16.5. The Balaban J connectivity index is 1.77. The molecule has 1 aromatic carbocycles. The smallest absolute Gasteiger partial charge is 0.336 e. The Morgan fingerprint density at radius 1 is 1.26 bits per heavy atom. The minimum Gasteiger partial charge on any atom is -0.423 e. The van der Waals surface area contributed by atoms with Gasteiger partial charge in [0.2, 0.25) is 5.91 Å². The van der Waals surface area contributed by atoms with Crippen LogP contribution in [0.1, 0.15) is 43.7 Å². The van der Waals surface area contributed by atoms with E-state index >= 15 is 0 Å². The summed E-state index contributed by atoms with van der Waals surface area (Å²) in [4.78, 5) is 24.4. The van der Waals surface area contributed by atoms with Gasteiger partial charge >= 0.3 is 5.63 Å². The van der Waals surface area contributed by atoms with Crippen LogP contribution in [0, 0.1) is 19.8 Å². The van der Waals surface area contributed by atoms with Gasteiger partial charge in [-0.15, -0.1) is 0 Å². The van der Waals surface area contributed by atoms with E-state index in [4.69, 9.17) is 14.9 Å². The summed E-state index contributed by atoms with van der Waals surface area (Å²) in [5, 5.41) is 3.87. The number of aryl methyl sites for hydroxylation is 2. The summed E-state index contributed by atoms with van der Waals surface area (Å²) >= 11 is 0. The fraction of sp³-hybridized carbons (Fsp3) is 0.524. The molecule has 27 heavy (non-hydrogen) atoms. The van der Waals surface area contributed by atoms with Crippen molar-refractivity contribution in [2.75, 3.05) is 11.9 Å². The largest absolute Gasteiger partial charge is 0.423 e. The van der Waals surface area contributed by atoms with E-state index in [1.165, 1.54) is 6.07 Å². The fourth-order valence-corrected chi connectivity index (χ4v) is 3.69. The molecule has 2 aromatic rings. The highest BCUT2D eigenvalue weighted by Gasteiger charge is 2.32. The van der Waals surface area contributed by atoms with E-state index in [1.807, 2.05) is 19.9 Å². The van der Waals surface area contributed by atoms with Crippen molar-refractivity contribution in [2.24, 2.45) is 11.7 Å². The lowest BCUT2D eigenvalue weighted by Crippen LogP contribution is -2.44. The molecular formula is C21H28N2O4. The summed E-state index contributed by atoms with van der Waals surface area (Å²) in [6.07, 6.45) is 3.07. The molecule has 1 saturated carbocycles. The summed E-state index contributed by atoms with van der Waals surface area (Å²) < 4.78 is 11.1. The average Bonchev–Trinajstić information content (AvgIpc) is 2.62. The van der Waals surface area contributed by atoms with Gasteiger partial charge in [0, 0.05) is 35.7 Å². The quantitative estimate of drug-likeness (QED) is 0.786. The normalized spacial score (nSPS) is 22.7. The molecular weight excluding hydrogens is 344 g/mol. The highest BCUT2D eigenvalue weighted by molar-refractivity contribution is 5.96. The van der Waals surface area contributed by atoms with Crippen molar-refractivity contribution in [3.05, 3.63) is 39.7 Å². The Bertz CT molecular complexity index is 890. The Morgan fingerprint density at radius 3 is 2.78 bits per heavy atom. The molecule has 0 saturated heterocycles. The third-order valence-electron chi connectivity index (χ3n) is 5.30. The molecule has 0 bridgehead atoms. The minimum atomic E-state index is -0.368.